The zero-order valence-corrected chi connectivity index (χ0v) is 13.5. The normalized spacial score (nSPS) is 21.9. The van der Waals surface area contributed by atoms with Crippen LogP contribution >= 0.6 is 0 Å². The van der Waals surface area contributed by atoms with Gasteiger partial charge in [-0.3, -0.25) is 0 Å². The van der Waals surface area contributed by atoms with Crippen molar-refractivity contribution in [3.05, 3.63) is 29.8 Å². The number of nitrogens with zero attached hydrogens (tertiary/aromatic N) is 1. The molecule has 1 aliphatic heterocycles. The SMILES string of the molecule is C[C@@H]1CNCCN1S(=O)(=O)c1ccc(C(C)(C)C)cc1. The highest BCUT2D eigenvalue weighted by Gasteiger charge is 2.30. The summed E-state index contributed by atoms with van der Waals surface area (Å²) in [6.45, 7) is 10.2. The lowest BCUT2D eigenvalue weighted by Crippen LogP contribution is -2.52. The molecular formula is C15H24N2O2S. The summed E-state index contributed by atoms with van der Waals surface area (Å²) in [6.07, 6.45) is 0. The van der Waals surface area contributed by atoms with E-state index in [1.54, 1.807) is 16.4 Å². The number of benzene rings is 1. The van der Waals surface area contributed by atoms with E-state index in [2.05, 4.69) is 26.1 Å². The second-order valence-corrected chi connectivity index (χ2v) is 8.33. The molecule has 1 aromatic rings. The summed E-state index contributed by atoms with van der Waals surface area (Å²) in [6, 6.07) is 7.28. The zero-order chi connectivity index (χ0) is 15.0. The van der Waals surface area contributed by atoms with Gasteiger partial charge in [0.2, 0.25) is 10.0 Å². The summed E-state index contributed by atoms with van der Waals surface area (Å²) >= 11 is 0. The molecule has 20 heavy (non-hydrogen) atoms. The first-order valence-electron chi connectivity index (χ1n) is 7.06. The number of hydrogen-bond acceptors (Lipinski definition) is 3. The molecule has 2 rings (SSSR count). The Morgan fingerprint density at radius 2 is 1.80 bits per heavy atom. The summed E-state index contributed by atoms with van der Waals surface area (Å²) in [5.74, 6) is 0. The number of nitrogens with one attached hydrogen (secondary N) is 1. The number of sulfonamides is 1. The van der Waals surface area contributed by atoms with Crippen LogP contribution in [0.1, 0.15) is 33.3 Å². The van der Waals surface area contributed by atoms with Gasteiger partial charge in [-0.25, -0.2) is 8.42 Å². The van der Waals surface area contributed by atoms with Gasteiger partial charge in [-0.2, -0.15) is 4.31 Å². The predicted molar refractivity (Wildman–Crippen MR) is 81.4 cm³/mol. The van der Waals surface area contributed by atoms with E-state index in [-0.39, 0.29) is 11.5 Å². The molecule has 4 nitrogen and oxygen atoms in total. The number of hydrogen-bond donors (Lipinski definition) is 1. The second-order valence-electron chi connectivity index (χ2n) is 6.44. The molecule has 0 spiro atoms. The zero-order valence-electron chi connectivity index (χ0n) is 12.7. The van der Waals surface area contributed by atoms with E-state index in [1.165, 1.54) is 0 Å². The van der Waals surface area contributed by atoms with E-state index < -0.39 is 10.0 Å². The molecule has 1 atom stereocenters. The average Bonchev–Trinajstić information content (AvgIpc) is 2.38. The lowest BCUT2D eigenvalue weighted by molar-refractivity contribution is 0.284. The first-order valence-corrected chi connectivity index (χ1v) is 8.50. The standard InChI is InChI=1S/C15H24N2O2S/c1-12-11-16-9-10-17(12)20(18,19)14-7-5-13(6-8-14)15(2,3)4/h5-8,12,16H,9-11H2,1-4H3/t12-/m1/s1. The number of piperazine rings is 1. The minimum absolute atomic E-state index is 0.00366. The Labute approximate surface area is 122 Å². The van der Waals surface area contributed by atoms with Gasteiger partial charge in [-0.15, -0.1) is 0 Å². The van der Waals surface area contributed by atoms with Crippen molar-refractivity contribution in [2.75, 3.05) is 19.6 Å². The van der Waals surface area contributed by atoms with Gasteiger partial charge in [0.15, 0.2) is 0 Å². The molecule has 0 bridgehead atoms. The van der Waals surface area contributed by atoms with E-state index in [0.717, 1.165) is 5.56 Å². The van der Waals surface area contributed by atoms with Crippen molar-refractivity contribution in [2.24, 2.45) is 0 Å². The average molecular weight is 296 g/mol. The van der Waals surface area contributed by atoms with E-state index in [9.17, 15) is 8.42 Å². The maximum absolute atomic E-state index is 12.7. The maximum Gasteiger partial charge on any atom is 0.243 e. The largest absolute Gasteiger partial charge is 0.314 e. The summed E-state index contributed by atoms with van der Waals surface area (Å²) in [4.78, 5) is 0.388. The fourth-order valence-corrected chi connectivity index (χ4v) is 4.07. The Morgan fingerprint density at radius 3 is 2.30 bits per heavy atom. The molecule has 1 heterocycles. The third kappa shape index (κ3) is 3.05. The first-order chi connectivity index (χ1) is 9.23. The molecule has 1 saturated heterocycles. The summed E-state index contributed by atoms with van der Waals surface area (Å²) in [5.41, 5.74) is 1.18. The van der Waals surface area contributed by atoms with Crippen LogP contribution < -0.4 is 5.32 Å². The summed E-state index contributed by atoms with van der Waals surface area (Å²) in [7, 11) is -3.38. The van der Waals surface area contributed by atoms with E-state index in [0.29, 0.717) is 24.5 Å². The van der Waals surface area contributed by atoms with Gasteiger partial charge in [0, 0.05) is 25.7 Å². The van der Waals surface area contributed by atoms with Gasteiger partial charge in [0.25, 0.3) is 0 Å². The van der Waals surface area contributed by atoms with Crippen LogP contribution in [0.25, 0.3) is 0 Å². The van der Waals surface area contributed by atoms with Gasteiger partial charge < -0.3 is 5.32 Å². The van der Waals surface area contributed by atoms with Crippen LogP contribution in [-0.2, 0) is 15.4 Å². The van der Waals surface area contributed by atoms with Crippen LogP contribution in [0, 0.1) is 0 Å². The quantitative estimate of drug-likeness (QED) is 0.907. The highest BCUT2D eigenvalue weighted by molar-refractivity contribution is 7.89. The third-order valence-corrected chi connectivity index (χ3v) is 5.80. The van der Waals surface area contributed by atoms with Gasteiger partial charge in [-0.05, 0) is 30.0 Å². The van der Waals surface area contributed by atoms with Crippen molar-refractivity contribution in [1.29, 1.82) is 0 Å². The van der Waals surface area contributed by atoms with E-state index in [1.807, 2.05) is 19.1 Å². The predicted octanol–water partition coefficient (Wildman–Crippen LogP) is 1.97. The fourth-order valence-electron chi connectivity index (χ4n) is 2.44. The molecule has 0 aromatic heterocycles. The van der Waals surface area contributed by atoms with Crippen molar-refractivity contribution in [3.8, 4) is 0 Å². The molecular weight excluding hydrogens is 272 g/mol. The minimum Gasteiger partial charge on any atom is -0.314 e. The molecule has 5 heteroatoms. The highest BCUT2D eigenvalue weighted by Crippen LogP contribution is 2.25. The van der Waals surface area contributed by atoms with E-state index in [4.69, 9.17) is 0 Å². The number of rotatable bonds is 2. The van der Waals surface area contributed by atoms with Crippen molar-refractivity contribution >= 4 is 10.0 Å². The molecule has 1 aromatic carbocycles. The van der Waals surface area contributed by atoms with Crippen molar-refractivity contribution in [1.82, 2.24) is 9.62 Å². The molecule has 0 unspecified atom stereocenters. The van der Waals surface area contributed by atoms with Gasteiger partial charge in [0.1, 0.15) is 0 Å². The second kappa shape index (κ2) is 5.47. The lowest BCUT2D eigenvalue weighted by atomic mass is 9.87. The lowest BCUT2D eigenvalue weighted by Gasteiger charge is -2.33. The molecule has 1 aliphatic rings. The van der Waals surface area contributed by atoms with Crippen LogP contribution in [0.15, 0.2) is 29.2 Å². The van der Waals surface area contributed by atoms with Gasteiger partial charge in [-0.1, -0.05) is 32.9 Å². The van der Waals surface area contributed by atoms with Crippen LogP contribution in [0.5, 0.6) is 0 Å². The Kier molecular flexibility index (Phi) is 4.23. The first kappa shape index (κ1) is 15.5. The Balaban J connectivity index is 2.30. The third-order valence-electron chi connectivity index (χ3n) is 3.77. The molecule has 0 saturated carbocycles. The Bertz CT molecular complexity index is 559. The van der Waals surface area contributed by atoms with Gasteiger partial charge in [0.05, 0.1) is 4.90 Å². The Morgan fingerprint density at radius 1 is 1.20 bits per heavy atom. The Hall–Kier alpha value is -0.910. The van der Waals surface area contributed by atoms with E-state index >= 15 is 0 Å². The summed E-state index contributed by atoms with van der Waals surface area (Å²) < 4.78 is 26.9. The molecule has 0 amide bonds. The minimum atomic E-state index is -3.38. The molecule has 1 fully saturated rings. The molecule has 0 radical (unpaired) electrons. The molecule has 112 valence electrons. The highest BCUT2D eigenvalue weighted by atomic mass is 32.2. The monoisotopic (exact) mass is 296 g/mol. The van der Waals surface area contributed by atoms with Crippen molar-refractivity contribution in [2.45, 2.75) is 44.0 Å². The molecule has 0 aliphatic carbocycles. The van der Waals surface area contributed by atoms with Crippen LogP contribution in [0.3, 0.4) is 0 Å². The maximum atomic E-state index is 12.7. The topological polar surface area (TPSA) is 49.4 Å². The van der Waals surface area contributed by atoms with Gasteiger partial charge >= 0.3 is 0 Å². The molecule has 1 N–H and O–H groups in total. The smallest absolute Gasteiger partial charge is 0.243 e. The van der Waals surface area contributed by atoms with Crippen LogP contribution in [0.2, 0.25) is 0 Å². The van der Waals surface area contributed by atoms with Crippen LogP contribution in [-0.4, -0.2) is 38.4 Å². The van der Waals surface area contributed by atoms with Crippen molar-refractivity contribution in [3.63, 3.8) is 0 Å². The fraction of sp³-hybridized carbons (Fsp3) is 0.600. The summed E-state index contributed by atoms with van der Waals surface area (Å²) in [5, 5.41) is 3.21. The van der Waals surface area contributed by atoms with Crippen LogP contribution in [0.4, 0.5) is 0 Å². The van der Waals surface area contributed by atoms with Crippen molar-refractivity contribution < 1.29 is 8.42 Å².